The molecule has 1 aromatic heterocycles. The Balaban J connectivity index is 1.83. The summed E-state index contributed by atoms with van der Waals surface area (Å²) >= 11 is 3.49. The molecule has 2 aromatic rings. The van der Waals surface area contributed by atoms with Crippen molar-refractivity contribution in [3.05, 3.63) is 34.9 Å². The maximum absolute atomic E-state index is 5.84. The molecule has 18 heavy (non-hydrogen) atoms. The number of halogens is 1. The molecule has 4 heteroatoms. The van der Waals surface area contributed by atoms with E-state index in [1.54, 1.807) is 0 Å². The van der Waals surface area contributed by atoms with E-state index in [9.17, 15) is 0 Å². The van der Waals surface area contributed by atoms with Crippen LogP contribution in [0.4, 0.5) is 0 Å². The molecular weight excluding hydrogens is 294 g/mol. The molecule has 0 aliphatic carbocycles. The third-order valence-electron chi connectivity index (χ3n) is 3.20. The molecule has 0 amide bonds. The van der Waals surface area contributed by atoms with Gasteiger partial charge in [0.05, 0.1) is 13.2 Å². The van der Waals surface area contributed by atoms with E-state index in [0.717, 1.165) is 11.0 Å². The van der Waals surface area contributed by atoms with Gasteiger partial charge >= 0.3 is 0 Å². The summed E-state index contributed by atoms with van der Waals surface area (Å²) in [6.45, 7) is 5.40. The first-order chi connectivity index (χ1) is 8.53. The highest BCUT2D eigenvalue weighted by atomic mass is 79.9. The maximum Gasteiger partial charge on any atom is 0.163 e. The van der Waals surface area contributed by atoms with Crippen molar-refractivity contribution in [3.63, 3.8) is 0 Å². The molecule has 1 saturated heterocycles. The van der Waals surface area contributed by atoms with Gasteiger partial charge in [0.15, 0.2) is 5.79 Å². The minimum absolute atomic E-state index is 0.124. The highest BCUT2D eigenvalue weighted by molar-refractivity contribution is 9.10. The Labute approximate surface area is 115 Å². The Hall–Kier alpha value is -0.840. The number of nitrogens with zero attached hydrogens (tertiary/aromatic N) is 1. The average Bonchev–Trinajstić information content (AvgIpc) is 2.83. The van der Waals surface area contributed by atoms with Crippen LogP contribution in [-0.4, -0.2) is 23.1 Å². The van der Waals surface area contributed by atoms with Crippen molar-refractivity contribution in [2.24, 2.45) is 0 Å². The molecule has 1 aliphatic rings. The van der Waals surface area contributed by atoms with Crippen molar-refractivity contribution in [2.75, 3.05) is 6.61 Å². The summed E-state index contributed by atoms with van der Waals surface area (Å²) in [4.78, 5) is 0. The van der Waals surface area contributed by atoms with Crippen molar-refractivity contribution in [3.8, 4) is 0 Å². The zero-order chi connectivity index (χ0) is 12.8. The first-order valence-corrected chi connectivity index (χ1v) is 6.89. The molecule has 1 unspecified atom stereocenters. The lowest BCUT2D eigenvalue weighted by atomic mass is 10.2. The van der Waals surface area contributed by atoms with E-state index in [4.69, 9.17) is 9.47 Å². The Morgan fingerprint density at radius 2 is 2.22 bits per heavy atom. The van der Waals surface area contributed by atoms with Crippen LogP contribution in [0.2, 0.25) is 0 Å². The van der Waals surface area contributed by atoms with E-state index in [1.807, 2.05) is 13.8 Å². The van der Waals surface area contributed by atoms with Crippen LogP contribution in [0.1, 0.15) is 13.8 Å². The number of hydrogen-bond donors (Lipinski definition) is 0. The molecular formula is C14H16BrNO2. The Morgan fingerprint density at radius 1 is 1.39 bits per heavy atom. The van der Waals surface area contributed by atoms with E-state index >= 15 is 0 Å². The number of benzene rings is 1. The SMILES string of the molecule is CC1(C)OCC(Cn2ccc3cc(Br)ccc32)O1. The summed E-state index contributed by atoms with van der Waals surface area (Å²) in [5.74, 6) is -0.448. The van der Waals surface area contributed by atoms with Crippen molar-refractivity contribution < 1.29 is 9.47 Å². The lowest BCUT2D eigenvalue weighted by Gasteiger charge is -2.17. The zero-order valence-corrected chi connectivity index (χ0v) is 12.1. The van der Waals surface area contributed by atoms with E-state index in [-0.39, 0.29) is 6.10 Å². The molecule has 0 radical (unpaired) electrons. The smallest absolute Gasteiger partial charge is 0.163 e. The standard InChI is InChI=1S/C14H16BrNO2/c1-14(2)17-9-12(18-14)8-16-6-5-10-7-11(15)3-4-13(10)16/h3-7,12H,8-9H2,1-2H3. The van der Waals surface area contributed by atoms with Gasteiger partial charge in [-0.05, 0) is 38.1 Å². The summed E-state index contributed by atoms with van der Waals surface area (Å²) in [6.07, 6.45) is 2.23. The second-order valence-electron chi connectivity index (χ2n) is 5.12. The maximum atomic E-state index is 5.84. The van der Waals surface area contributed by atoms with Crippen molar-refractivity contribution in [1.29, 1.82) is 0 Å². The lowest BCUT2D eigenvalue weighted by Crippen LogP contribution is -2.23. The van der Waals surface area contributed by atoms with Gasteiger partial charge in [0.2, 0.25) is 0 Å². The van der Waals surface area contributed by atoms with E-state index < -0.39 is 5.79 Å². The van der Waals surface area contributed by atoms with Crippen LogP contribution in [0.25, 0.3) is 10.9 Å². The summed E-state index contributed by atoms with van der Waals surface area (Å²) in [5, 5.41) is 1.24. The Kier molecular flexibility index (Phi) is 2.96. The van der Waals surface area contributed by atoms with Gasteiger partial charge in [0.25, 0.3) is 0 Å². The molecule has 1 aliphatic heterocycles. The van der Waals surface area contributed by atoms with Crippen LogP contribution < -0.4 is 0 Å². The van der Waals surface area contributed by atoms with Crippen LogP contribution in [0, 0.1) is 0 Å². The molecule has 0 bridgehead atoms. The summed E-state index contributed by atoms with van der Waals surface area (Å²) < 4.78 is 14.8. The van der Waals surface area contributed by atoms with Crippen molar-refractivity contribution >= 4 is 26.8 Å². The van der Waals surface area contributed by atoms with Crippen LogP contribution >= 0.6 is 15.9 Å². The van der Waals surface area contributed by atoms with Crippen LogP contribution in [0.3, 0.4) is 0 Å². The Morgan fingerprint density at radius 3 is 2.94 bits per heavy atom. The summed E-state index contributed by atoms with van der Waals surface area (Å²) in [6, 6.07) is 8.44. The van der Waals surface area contributed by atoms with Crippen molar-refractivity contribution in [1.82, 2.24) is 4.57 Å². The van der Waals surface area contributed by atoms with Crippen LogP contribution in [0.5, 0.6) is 0 Å². The van der Waals surface area contributed by atoms with Gasteiger partial charge in [-0.25, -0.2) is 0 Å². The van der Waals surface area contributed by atoms with Gasteiger partial charge in [0.1, 0.15) is 6.10 Å². The molecule has 0 saturated carbocycles. The number of aromatic nitrogens is 1. The largest absolute Gasteiger partial charge is 0.348 e. The predicted octanol–water partition coefficient (Wildman–Crippen LogP) is 3.56. The monoisotopic (exact) mass is 309 g/mol. The lowest BCUT2D eigenvalue weighted by molar-refractivity contribution is -0.139. The van der Waals surface area contributed by atoms with E-state index in [0.29, 0.717) is 6.61 Å². The third kappa shape index (κ3) is 2.32. The molecule has 3 nitrogen and oxygen atoms in total. The van der Waals surface area contributed by atoms with E-state index in [1.165, 1.54) is 10.9 Å². The van der Waals surface area contributed by atoms with Gasteiger partial charge in [-0.1, -0.05) is 15.9 Å². The van der Waals surface area contributed by atoms with Gasteiger partial charge in [0, 0.05) is 21.6 Å². The highest BCUT2D eigenvalue weighted by Gasteiger charge is 2.32. The molecule has 0 N–H and O–H groups in total. The minimum atomic E-state index is -0.448. The topological polar surface area (TPSA) is 23.4 Å². The molecule has 3 rings (SSSR count). The fourth-order valence-corrected chi connectivity index (χ4v) is 2.78. The van der Waals surface area contributed by atoms with E-state index in [2.05, 4.69) is 51.0 Å². The van der Waals surface area contributed by atoms with Gasteiger partial charge in [-0.2, -0.15) is 0 Å². The number of ether oxygens (including phenoxy) is 2. The quantitative estimate of drug-likeness (QED) is 0.847. The minimum Gasteiger partial charge on any atom is -0.348 e. The zero-order valence-electron chi connectivity index (χ0n) is 10.5. The van der Waals surface area contributed by atoms with Gasteiger partial charge in [-0.15, -0.1) is 0 Å². The van der Waals surface area contributed by atoms with Gasteiger partial charge < -0.3 is 14.0 Å². The van der Waals surface area contributed by atoms with Crippen LogP contribution in [-0.2, 0) is 16.0 Å². The van der Waals surface area contributed by atoms with Crippen molar-refractivity contribution in [2.45, 2.75) is 32.3 Å². The molecule has 1 fully saturated rings. The molecule has 1 aromatic carbocycles. The fraction of sp³-hybridized carbons (Fsp3) is 0.429. The normalized spacial score (nSPS) is 22.7. The molecule has 96 valence electrons. The predicted molar refractivity (Wildman–Crippen MR) is 74.5 cm³/mol. The second kappa shape index (κ2) is 4.37. The number of rotatable bonds is 2. The highest BCUT2D eigenvalue weighted by Crippen LogP contribution is 2.26. The van der Waals surface area contributed by atoms with Gasteiger partial charge in [-0.3, -0.25) is 0 Å². The summed E-state index contributed by atoms with van der Waals surface area (Å²) in [5.41, 5.74) is 1.23. The molecule has 2 heterocycles. The average molecular weight is 310 g/mol. The number of fused-ring (bicyclic) bond motifs is 1. The number of hydrogen-bond acceptors (Lipinski definition) is 2. The van der Waals surface area contributed by atoms with Crippen LogP contribution in [0.15, 0.2) is 34.9 Å². The summed E-state index contributed by atoms with van der Waals surface area (Å²) in [7, 11) is 0. The third-order valence-corrected chi connectivity index (χ3v) is 3.69. The second-order valence-corrected chi connectivity index (χ2v) is 6.04. The molecule has 0 spiro atoms. The first kappa shape index (κ1) is 12.2. The molecule has 1 atom stereocenters. The first-order valence-electron chi connectivity index (χ1n) is 6.10. The fourth-order valence-electron chi connectivity index (χ4n) is 2.40. The Bertz CT molecular complexity index is 576.